The summed E-state index contributed by atoms with van der Waals surface area (Å²) < 4.78 is 5.32. The van der Waals surface area contributed by atoms with Crippen LogP contribution in [0.3, 0.4) is 0 Å². The fourth-order valence-corrected chi connectivity index (χ4v) is 3.31. The largest absolute Gasteiger partial charge is 0.481 e. The molecule has 3 rings (SSSR count). The molecule has 0 bridgehead atoms. The first-order chi connectivity index (χ1) is 10.2. The van der Waals surface area contributed by atoms with Crippen LogP contribution in [0.1, 0.15) is 18.4 Å². The standard InChI is InChI=1S/C16H19NO4/c18-15(19)14-12-6-8-17(9-7-13(12)14)16(20)21-10-11-4-2-1-3-5-11/h1-5,12-14H,6-10H2,(H,18,19). The lowest BCUT2D eigenvalue weighted by Crippen LogP contribution is -2.33. The maximum Gasteiger partial charge on any atom is 0.410 e. The predicted molar refractivity (Wildman–Crippen MR) is 75.5 cm³/mol. The molecule has 0 spiro atoms. The topological polar surface area (TPSA) is 66.8 Å². The number of likely N-dealkylation sites (tertiary alicyclic amines) is 1. The zero-order valence-corrected chi connectivity index (χ0v) is 11.8. The van der Waals surface area contributed by atoms with E-state index >= 15 is 0 Å². The van der Waals surface area contributed by atoms with Gasteiger partial charge in [-0.25, -0.2) is 4.79 Å². The minimum Gasteiger partial charge on any atom is -0.481 e. The smallest absolute Gasteiger partial charge is 0.410 e. The molecule has 5 heteroatoms. The molecular formula is C16H19NO4. The van der Waals surface area contributed by atoms with Crippen LogP contribution in [0.5, 0.6) is 0 Å². The summed E-state index contributed by atoms with van der Waals surface area (Å²) in [5.74, 6) is -0.388. The van der Waals surface area contributed by atoms with E-state index in [1.54, 1.807) is 4.90 Å². The van der Waals surface area contributed by atoms with Gasteiger partial charge in [0, 0.05) is 13.1 Å². The predicted octanol–water partition coefficient (Wildman–Crippen LogP) is 2.37. The number of fused-ring (bicyclic) bond motifs is 1. The fourth-order valence-electron chi connectivity index (χ4n) is 3.31. The molecule has 1 aromatic carbocycles. The second-order valence-corrected chi connectivity index (χ2v) is 5.80. The molecule has 1 aliphatic heterocycles. The van der Waals surface area contributed by atoms with Crippen LogP contribution < -0.4 is 0 Å². The van der Waals surface area contributed by atoms with Crippen molar-refractivity contribution >= 4 is 12.1 Å². The summed E-state index contributed by atoms with van der Waals surface area (Å²) in [7, 11) is 0. The van der Waals surface area contributed by atoms with Crippen molar-refractivity contribution in [2.45, 2.75) is 19.4 Å². The van der Waals surface area contributed by atoms with Crippen molar-refractivity contribution in [1.82, 2.24) is 4.90 Å². The summed E-state index contributed by atoms with van der Waals surface area (Å²) >= 11 is 0. The van der Waals surface area contributed by atoms with Crippen LogP contribution in [0.15, 0.2) is 30.3 Å². The van der Waals surface area contributed by atoms with Crippen LogP contribution in [-0.2, 0) is 16.1 Å². The van der Waals surface area contributed by atoms with Gasteiger partial charge in [0.1, 0.15) is 6.61 Å². The van der Waals surface area contributed by atoms with Crippen molar-refractivity contribution in [3.8, 4) is 0 Å². The van der Waals surface area contributed by atoms with Crippen LogP contribution >= 0.6 is 0 Å². The van der Waals surface area contributed by atoms with Crippen LogP contribution in [0.4, 0.5) is 4.79 Å². The SMILES string of the molecule is O=C(O)C1C2CCN(C(=O)OCc3ccccc3)CCC21. The van der Waals surface area contributed by atoms with Crippen molar-refractivity contribution in [1.29, 1.82) is 0 Å². The summed E-state index contributed by atoms with van der Waals surface area (Å²) in [5.41, 5.74) is 0.967. The van der Waals surface area contributed by atoms with Gasteiger partial charge >= 0.3 is 12.1 Å². The van der Waals surface area contributed by atoms with E-state index in [1.807, 2.05) is 30.3 Å². The van der Waals surface area contributed by atoms with Crippen LogP contribution in [0, 0.1) is 17.8 Å². The third-order valence-electron chi connectivity index (χ3n) is 4.54. The Morgan fingerprint density at radius 1 is 1.14 bits per heavy atom. The van der Waals surface area contributed by atoms with E-state index < -0.39 is 5.97 Å². The molecule has 1 aliphatic carbocycles. The second-order valence-electron chi connectivity index (χ2n) is 5.80. The molecule has 2 unspecified atom stereocenters. The number of carboxylic acid groups (broad SMARTS) is 1. The first-order valence-electron chi connectivity index (χ1n) is 7.35. The van der Waals surface area contributed by atoms with Gasteiger partial charge in [-0.3, -0.25) is 4.79 Å². The minimum absolute atomic E-state index is 0.188. The van der Waals surface area contributed by atoms with Crippen molar-refractivity contribution < 1.29 is 19.4 Å². The van der Waals surface area contributed by atoms with E-state index in [-0.39, 0.29) is 30.5 Å². The molecule has 2 fully saturated rings. The molecule has 21 heavy (non-hydrogen) atoms. The average Bonchev–Trinajstić information content (AvgIpc) is 3.21. The van der Waals surface area contributed by atoms with Crippen molar-refractivity contribution in [3.05, 3.63) is 35.9 Å². The fraction of sp³-hybridized carbons (Fsp3) is 0.500. The van der Waals surface area contributed by atoms with Gasteiger partial charge in [0.2, 0.25) is 0 Å². The number of carbonyl (C=O) groups is 2. The summed E-state index contributed by atoms with van der Waals surface area (Å²) in [6, 6.07) is 9.58. The van der Waals surface area contributed by atoms with E-state index in [0.717, 1.165) is 18.4 Å². The molecule has 1 heterocycles. The number of rotatable bonds is 3. The summed E-state index contributed by atoms with van der Waals surface area (Å²) in [6.45, 7) is 1.47. The zero-order valence-electron chi connectivity index (χ0n) is 11.8. The van der Waals surface area contributed by atoms with Crippen molar-refractivity contribution in [3.63, 3.8) is 0 Å². The number of hydrogen-bond donors (Lipinski definition) is 1. The second kappa shape index (κ2) is 5.76. The van der Waals surface area contributed by atoms with Crippen molar-refractivity contribution in [2.24, 2.45) is 17.8 Å². The molecule has 1 saturated heterocycles. The van der Waals surface area contributed by atoms with Gasteiger partial charge in [0.05, 0.1) is 5.92 Å². The minimum atomic E-state index is -0.690. The van der Waals surface area contributed by atoms with E-state index in [9.17, 15) is 9.59 Å². The van der Waals surface area contributed by atoms with Crippen LogP contribution in [0.25, 0.3) is 0 Å². The number of aliphatic carboxylic acids is 1. The number of carbonyl (C=O) groups excluding carboxylic acids is 1. The van der Waals surface area contributed by atoms with Gasteiger partial charge in [-0.2, -0.15) is 0 Å². The summed E-state index contributed by atoms with van der Waals surface area (Å²) in [5, 5.41) is 9.06. The Bertz CT molecular complexity index is 516. The molecule has 0 radical (unpaired) electrons. The van der Waals surface area contributed by atoms with Gasteiger partial charge in [0.25, 0.3) is 0 Å². The number of hydrogen-bond acceptors (Lipinski definition) is 3. The number of carboxylic acids is 1. The highest BCUT2D eigenvalue weighted by Crippen LogP contribution is 2.52. The highest BCUT2D eigenvalue weighted by Gasteiger charge is 2.55. The number of amides is 1. The molecule has 1 aromatic rings. The monoisotopic (exact) mass is 289 g/mol. The maximum absolute atomic E-state index is 12.0. The number of ether oxygens (including phenoxy) is 1. The van der Waals surface area contributed by atoms with Gasteiger partial charge in [-0.15, -0.1) is 0 Å². The molecule has 1 amide bonds. The number of nitrogens with zero attached hydrogens (tertiary/aromatic N) is 1. The highest BCUT2D eigenvalue weighted by molar-refractivity contribution is 5.74. The lowest BCUT2D eigenvalue weighted by atomic mass is 10.2. The highest BCUT2D eigenvalue weighted by atomic mass is 16.6. The lowest BCUT2D eigenvalue weighted by Gasteiger charge is -2.20. The Balaban J connectivity index is 1.48. The number of benzene rings is 1. The van der Waals surface area contributed by atoms with Crippen molar-refractivity contribution in [2.75, 3.05) is 13.1 Å². The van der Waals surface area contributed by atoms with Gasteiger partial charge < -0.3 is 14.7 Å². The molecule has 1 saturated carbocycles. The first kappa shape index (κ1) is 13.9. The Morgan fingerprint density at radius 2 is 1.76 bits per heavy atom. The molecule has 5 nitrogen and oxygen atoms in total. The molecule has 2 aliphatic rings. The van der Waals surface area contributed by atoms with E-state index in [0.29, 0.717) is 13.1 Å². The first-order valence-corrected chi connectivity index (χ1v) is 7.35. The summed E-state index contributed by atoms with van der Waals surface area (Å²) in [6.07, 6.45) is 1.23. The molecule has 1 N–H and O–H groups in total. The normalized spacial score (nSPS) is 27.4. The van der Waals surface area contributed by atoms with E-state index in [4.69, 9.17) is 9.84 Å². The third kappa shape index (κ3) is 3.01. The van der Waals surface area contributed by atoms with E-state index in [2.05, 4.69) is 0 Å². The molecule has 0 aromatic heterocycles. The quantitative estimate of drug-likeness (QED) is 0.927. The Morgan fingerprint density at radius 3 is 2.33 bits per heavy atom. The third-order valence-corrected chi connectivity index (χ3v) is 4.54. The lowest BCUT2D eigenvalue weighted by molar-refractivity contribution is -0.139. The summed E-state index contributed by atoms with van der Waals surface area (Å²) in [4.78, 5) is 24.8. The molecule has 112 valence electrons. The molecular weight excluding hydrogens is 270 g/mol. The Labute approximate surface area is 123 Å². The Hall–Kier alpha value is -2.04. The maximum atomic E-state index is 12.0. The van der Waals surface area contributed by atoms with Gasteiger partial charge in [-0.1, -0.05) is 30.3 Å². The average molecular weight is 289 g/mol. The zero-order chi connectivity index (χ0) is 14.8. The van der Waals surface area contributed by atoms with Crippen LogP contribution in [-0.4, -0.2) is 35.2 Å². The van der Waals surface area contributed by atoms with Gasteiger partial charge in [-0.05, 0) is 30.2 Å². The van der Waals surface area contributed by atoms with Crippen LogP contribution in [0.2, 0.25) is 0 Å². The van der Waals surface area contributed by atoms with Gasteiger partial charge in [0.15, 0.2) is 0 Å². The van der Waals surface area contributed by atoms with E-state index in [1.165, 1.54) is 0 Å². The molecule has 2 atom stereocenters. The Kier molecular flexibility index (Phi) is 3.82.